The fourth-order valence-corrected chi connectivity index (χ4v) is 1.51. The summed E-state index contributed by atoms with van der Waals surface area (Å²) in [6, 6.07) is 1.85. The highest BCUT2D eigenvalue weighted by Crippen LogP contribution is 1.99. The van der Waals surface area contributed by atoms with Crippen LogP contribution in [0.2, 0.25) is 0 Å². The second-order valence-electron chi connectivity index (χ2n) is 3.93. The molecule has 0 spiro atoms. The van der Waals surface area contributed by atoms with Crippen LogP contribution >= 0.6 is 0 Å². The van der Waals surface area contributed by atoms with Gasteiger partial charge in [-0.3, -0.25) is 9.48 Å². The maximum atomic E-state index is 11.7. The Morgan fingerprint density at radius 3 is 2.80 bits per heavy atom. The van der Waals surface area contributed by atoms with Crippen molar-refractivity contribution in [3.63, 3.8) is 0 Å². The highest BCUT2D eigenvalue weighted by molar-refractivity contribution is 5.92. The molecule has 0 radical (unpaired) electrons. The van der Waals surface area contributed by atoms with Gasteiger partial charge in [-0.05, 0) is 26.3 Å². The van der Waals surface area contributed by atoms with Gasteiger partial charge in [-0.15, -0.1) is 0 Å². The molecule has 1 aromatic heterocycles. The van der Waals surface area contributed by atoms with Gasteiger partial charge < -0.3 is 11.1 Å². The van der Waals surface area contributed by atoms with Gasteiger partial charge in [-0.2, -0.15) is 5.10 Å². The van der Waals surface area contributed by atoms with E-state index in [1.54, 1.807) is 24.0 Å². The van der Waals surface area contributed by atoms with Crippen LogP contribution in [0.1, 0.15) is 30.8 Å². The molecule has 0 aliphatic rings. The maximum Gasteiger partial charge on any atom is 0.269 e. The van der Waals surface area contributed by atoms with Gasteiger partial charge >= 0.3 is 0 Å². The first-order valence-corrected chi connectivity index (χ1v) is 5.05. The minimum Gasteiger partial charge on any atom is -0.348 e. The Bertz CT molecular complexity index is 332. The number of carbonyl (C=O) groups excluding carboxylic acids is 1. The number of aryl methyl sites for hydroxylation is 1. The third-order valence-electron chi connectivity index (χ3n) is 2.16. The monoisotopic (exact) mass is 210 g/mol. The molecule has 0 fully saturated rings. The van der Waals surface area contributed by atoms with Crippen molar-refractivity contribution in [2.24, 2.45) is 12.8 Å². The summed E-state index contributed by atoms with van der Waals surface area (Å²) in [6.07, 6.45) is 2.37. The van der Waals surface area contributed by atoms with Gasteiger partial charge in [0.15, 0.2) is 0 Å². The molecular weight excluding hydrogens is 192 g/mol. The standard InChI is InChI=1S/C10H18N4O/c1-7(11)6-8(2)13-10(15)9-4-5-12-14(9)3/h4-5,7-8H,6,11H2,1-3H3,(H,13,15). The molecule has 0 aliphatic heterocycles. The Kier molecular flexibility index (Phi) is 3.85. The number of hydrogen-bond acceptors (Lipinski definition) is 3. The van der Waals surface area contributed by atoms with Gasteiger partial charge in [0.25, 0.3) is 5.91 Å². The minimum atomic E-state index is -0.108. The van der Waals surface area contributed by atoms with Crippen molar-refractivity contribution in [2.75, 3.05) is 0 Å². The first kappa shape index (κ1) is 11.7. The van der Waals surface area contributed by atoms with E-state index in [1.807, 2.05) is 13.8 Å². The predicted molar refractivity (Wildman–Crippen MR) is 58.4 cm³/mol. The number of nitrogens with one attached hydrogen (secondary N) is 1. The van der Waals surface area contributed by atoms with E-state index in [9.17, 15) is 4.79 Å². The normalized spacial score (nSPS) is 14.7. The number of rotatable bonds is 4. The summed E-state index contributed by atoms with van der Waals surface area (Å²) in [6.45, 7) is 3.87. The molecule has 5 heteroatoms. The summed E-state index contributed by atoms with van der Waals surface area (Å²) < 4.78 is 1.55. The molecule has 1 heterocycles. The molecule has 15 heavy (non-hydrogen) atoms. The average molecular weight is 210 g/mol. The predicted octanol–water partition coefficient (Wildman–Crippen LogP) is 0.276. The molecule has 84 valence electrons. The fraction of sp³-hybridized carbons (Fsp3) is 0.600. The van der Waals surface area contributed by atoms with Crippen LogP contribution in [0.25, 0.3) is 0 Å². The summed E-state index contributed by atoms with van der Waals surface area (Å²) in [4.78, 5) is 11.7. The number of aromatic nitrogens is 2. The van der Waals surface area contributed by atoms with Gasteiger partial charge in [0.1, 0.15) is 5.69 Å². The largest absolute Gasteiger partial charge is 0.348 e. The smallest absolute Gasteiger partial charge is 0.269 e. The van der Waals surface area contributed by atoms with Crippen molar-refractivity contribution in [2.45, 2.75) is 32.4 Å². The quantitative estimate of drug-likeness (QED) is 0.749. The van der Waals surface area contributed by atoms with Gasteiger partial charge in [0.2, 0.25) is 0 Å². The number of hydrogen-bond donors (Lipinski definition) is 2. The van der Waals surface area contributed by atoms with Crippen molar-refractivity contribution in [3.8, 4) is 0 Å². The zero-order chi connectivity index (χ0) is 11.4. The van der Waals surface area contributed by atoms with Crippen LogP contribution in [0.5, 0.6) is 0 Å². The molecule has 2 unspecified atom stereocenters. The van der Waals surface area contributed by atoms with Crippen LogP contribution in [0.4, 0.5) is 0 Å². The van der Waals surface area contributed by atoms with E-state index in [4.69, 9.17) is 5.73 Å². The second-order valence-corrected chi connectivity index (χ2v) is 3.93. The van der Waals surface area contributed by atoms with Gasteiger partial charge in [-0.25, -0.2) is 0 Å². The maximum absolute atomic E-state index is 11.7. The lowest BCUT2D eigenvalue weighted by molar-refractivity contribution is 0.0928. The third-order valence-corrected chi connectivity index (χ3v) is 2.16. The van der Waals surface area contributed by atoms with E-state index in [1.165, 1.54) is 0 Å². The van der Waals surface area contributed by atoms with Crippen LogP contribution in [0, 0.1) is 0 Å². The fourth-order valence-electron chi connectivity index (χ4n) is 1.51. The number of carbonyl (C=O) groups is 1. The lowest BCUT2D eigenvalue weighted by Gasteiger charge is -2.15. The molecule has 1 amide bonds. The molecule has 3 N–H and O–H groups in total. The van der Waals surface area contributed by atoms with E-state index in [0.29, 0.717) is 5.69 Å². The molecule has 0 bridgehead atoms. The molecule has 0 aliphatic carbocycles. The Balaban J connectivity index is 2.53. The van der Waals surface area contributed by atoms with Crippen molar-refractivity contribution in [1.29, 1.82) is 0 Å². The lowest BCUT2D eigenvalue weighted by atomic mass is 10.1. The van der Waals surface area contributed by atoms with Gasteiger partial charge in [-0.1, -0.05) is 0 Å². The molecule has 2 atom stereocenters. The molecule has 1 aromatic rings. The molecular formula is C10H18N4O. The summed E-state index contributed by atoms with van der Waals surface area (Å²) in [5.41, 5.74) is 6.21. The third kappa shape index (κ3) is 3.36. The number of nitrogens with two attached hydrogens (primary N) is 1. The first-order valence-electron chi connectivity index (χ1n) is 5.05. The van der Waals surface area contributed by atoms with Crippen LogP contribution in [0.15, 0.2) is 12.3 Å². The van der Waals surface area contributed by atoms with Gasteiger partial charge in [0.05, 0.1) is 0 Å². The highest BCUT2D eigenvalue weighted by Gasteiger charge is 2.13. The zero-order valence-electron chi connectivity index (χ0n) is 9.40. The Morgan fingerprint density at radius 2 is 2.33 bits per heavy atom. The van der Waals surface area contributed by atoms with Crippen LogP contribution in [-0.4, -0.2) is 27.8 Å². The second kappa shape index (κ2) is 4.93. The summed E-state index contributed by atoms with van der Waals surface area (Å²) in [7, 11) is 1.74. The molecule has 1 rings (SSSR count). The number of nitrogens with zero attached hydrogens (tertiary/aromatic N) is 2. The molecule has 0 aromatic carbocycles. The summed E-state index contributed by atoms with van der Waals surface area (Å²) in [5.74, 6) is -0.108. The van der Waals surface area contributed by atoms with E-state index in [-0.39, 0.29) is 18.0 Å². The Hall–Kier alpha value is -1.36. The van der Waals surface area contributed by atoms with Gasteiger partial charge in [0, 0.05) is 25.3 Å². The van der Waals surface area contributed by atoms with Crippen LogP contribution in [0.3, 0.4) is 0 Å². The minimum absolute atomic E-state index is 0.0763. The highest BCUT2D eigenvalue weighted by atomic mass is 16.2. The van der Waals surface area contributed by atoms with E-state index in [2.05, 4.69) is 10.4 Å². The van der Waals surface area contributed by atoms with Crippen LogP contribution in [-0.2, 0) is 7.05 Å². The van der Waals surface area contributed by atoms with Crippen LogP contribution < -0.4 is 11.1 Å². The van der Waals surface area contributed by atoms with Crippen molar-refractivity contribution in [1.82, 2.24) is 15.1 Å². The molecule has 0 saturated heterocycles. The van der Waals surface area contributed by atoms with Crippen molar-refractivity contribution in [3.05, 3.63) is 18.0 Å². The van der Waals surface area contributed by atoms with Crippen molar-refractivity contribution < 1.29 is 4.79 Å². The molecule has 0 saturated carbocycles. The Labute approximate surface area is 89.6 Å². The average Bonchev–Trinajstić information content (AvgIpc) is 2.49. The zero-order valence-corrected chi connectivity index (χ0v) is 9.40. The lowest BCUT2D eigenvalue weighted by Crippen LogP contribution is -2.37. The summed E-state index contributed by atoms with van der Waals surface area (Å²) >= 11 is 0. The number of amides is 1. The first-order chi connectivity index (χ1) is 7.00. The topological polar surface area (TPSA) is 72.9 Å². The van der Waals surface area contributed by atoms with E-state index < -0.39 is 0 Å². The Morgan fingerprint density at radius 1 is 1.67 bits per heavy atom. The SMILES string of the molecule is CC(N)CC(C)NC(=O)c1ccnn1C. The summed E-state index contributed by atoms with van der Waals surface area (Å²) in [5, 5.41) is 6.81. The van der Waals surface area contributed by atoms with E-state index >= 15 is 0 Å². The molecule has 5 nitrogen and oxygen atoms in total. The van der Waals surface area contributed by atoms with Crippen molar-refractivity contribution >= 4 is 5.91 Å². The van der Waals surface area contributed by atoms with E-state index in [0.717, 1.165) is 6.42 Å².